The molecular weight excluding hydrogens is 362 g/mol. The molecule has 0 N–H and O–H groups in total. The summed E-state index contributed by atoms with van der Waals surface area (Å²) in [6.45, 7) is 8.44. The molecule has 4 rings (SSSR count). The Balaban J connectivity index is 1.29. The molecule has 3 aliphatic heterocycles. The lowest BCUT2D eigenvalue weighted by molar-refractivity contribution is 0.0560. The fraction of sp³-hybridized carbons (Fsp3) is 0.708. The van der Waals surface area contributed by atoms with Gasteiger partial charge in [0.15, 0.2) is 0 Å². The molecule has 1 amide bonds. The number of rotatable bonds is 7. The summed E-state index contributed by atoms with van der Waals surface area (Å²) in [5.41, 5.74) is 0.793. The number of carbonyl (C=O) groups excluding carboxylic acids is 1. The first kappa shape index (κ1) is 20.7. The number of piperidine rings is 2. The maximum Gasteiger partial charge on any atom is 0.254 e. The summed E-state index contributed by atoms with van der Waals surface area (Å²) in [4.78, 5) is 20.3. The number of carbonyl (C=O) groups is 1. The monoisotopic (exact) mass is 399 g/mol. The molecule has 3 aliphatic rings. The lowest BCUT2D eigenvalue weighted by atomic mass is 10.00. The third kappa shape index (κ3) is 5.73. The van der Waals surface area contributed by atoms with E-state index in [2.05, 4.69) is 14.7 Å². The highest BCUT2D eigenvalue weighted by molar-refractivity contribution is 5.94. The molecule has 5 heteroatoms. The van der Waals surface area contributed by atoms with Gasteiger partial charge in [0.25, 0.3) is 5.91 Å². The van der Waals surface area contributed by atoms with Crippen LogP contribution in [-0.4, -0.2) is 79.1 Å². The van der Waals surface area contributed by atoms with E-state index in [0.29, 0.717) is 6.04 Å². The van der Waals surface area contributed by atoms with Crippen molar-refractivity contribution >= 4 is 5.91 Å². The topological polar surface area (TPSA) is 36.0 Å². The lowest BCUT2D eigenvalue weighted by Crippen LogP contribution is -2.49. The second-order valence-corrected chi connectivity index (χ2v) is 8.93. The Kier molecular flexibility index (Phi) is 7.44. The molecule has 0 spiro atoms. The van der Waals surface area contributed by atoms with Crippen LogP contribution in [0.1, 0.15) is 61.7 Å². The fourth-order valence-corrected chi connectivity index (χ4v) is 5.06. The van der Waals surface area contributed by atoms with Gasteiger partial charge in [0.05, 0.1) is 0 Å². The van der Waals surface area contributed by atoms with E-state index in [1.807, 2.05) is 24.3 Å². The van der Waals surface area contributed by atoms with E-state index < -0.39 is 0 Å². The number of amides is 1. The number of ether oxygens (including phenoxy) is 1. The van der Waals surface area contributed by atoms with E-state index in [9.17, 15) is 4.79 Å². The molecule has 0 radical (unpaired) electrons. The Morgan fingerprint density at radius 3 is 2.24 bits per heavy atom. The first-order valence-electron chi connectivity index (χ1n) is 11.8. The molecule has 3 fully saturated rings. The quantitative estimate of drug-likeness (QED) is 0.701. The van der Waals surface area contributed by atoms with Gasteiger partial charge in [-0.2, -0.15) is 0 Å². The molecule has 0 aromatic heterocycles. The summed E-state index contributed by atoms with van der Waals surface area (Å²) < 4.78 is 5.93. The van der Waals surface area contributed by atoms with Gasteiger partial charge >= 0.3 is 0 Å². The zero-order valence-corrected chi connectivity index (χ0v) is 17.9. The predicted octanol–water partition coefficient (Wildman–Crippen LogP) is 3.64. The molecule has 29 heavy (non-hydrogen) atoms. The van der Waals surface area contributed by atoms with Gasteiger partial charge in [0, 0.05) is 31.2 Å². The predicted molar refractivity (Wildman–Crippen MR) is 117 cm³/mol. The Hall–Kier alpha value is -1.59. The van der Waals surface area contributed by atoms with Crippen molar-refractivity contribution in [1.29, 1.82) is 0 Å². The first-order valence-corrected chi connectivity index (χ1v) is 11.8. The minimum absolute atomic E-state index is 0.189. The van der Waals surface area contributed by atoms with Crippen LogP contribution in [0.15, 0.2) is 24.3 Å². The average Bonchev–Trinajstić information content (AvgIpc) is 3.28. The number of hydrogen-bond donors (Lipinski definition) is 0. The molecule has 0 aliphatic carbocycles. The van der Waals surface area contributed by atoms with Gasteiger partial charge < -0.3 is 14.5 Å². The summed E-state index contributed by atoms with van der Waals surface area (Å²) in [5, 5.41) is 0. The van der Waals surface area contributed by atoms with Crippen molar-refractivity contribution in [2.45, 2.75) is 57.4 Å². The van der Waals surface area contributed by atoms with Crippen LogP contribution >= 0.6 is 0 Å². The highest BCUT2D eigenvalue weighted by Crippen LogP contribution is 2.23. The third-order valence-corrected chi connectivity index (χ3v) is 6.78. The van der Waals surface area contributed by atoms with Gasteiger partial charge in [-0.25, -0.2) is 0 Å². The maximum atomic E-state index is 13.2. The number of hydrogen-bond acceptors (Lipinski definition) is 4. The molecule has 3 saturated heterocycles. The van der Waals surface area contributed by atoms with Crippen LogP contribution in [0.3, 0.4) is 0 Å². The van der Waals surface area contributed by atoms with E-state index in [1.165, 1.54) is 64.7 Å². The number of likely N-dealkylation sites (tertiary alicyclic amines) is 3. The standard InChI is InChI=1S/C24H37N3O2/c28-24(27-17-5-2-8-22(27)20-26-15-6-7-16-26)21-9-11-23(12-10-21)29-19-18-25-13-3-1-4-14-25/h9-12,22H,1-8,13-20H2/t22-/m1/s1. The number of benzene rings is 1. The molecule has 160 valence electrons. The van der Waals surface area contributed by atoms with E-state index >= 15 is 0 Å². The Labute approximate surface area is 176 Å². The van der Waals surface area contributed by atoms with Gasteiger partial charge in [-0.1, -0.05) is 6.42 Å². The summed E-state index contributed by atoms with van der Waals surface area (Å²) >= 11 is 0. The minimum atomic E-state index is 0.189. The van der Waals surface area contributed by atoms with Crippen LogP contribution in [0.2, 0.25) is 0 Å². The van der Waals surface area contributed by atoms with Crippen molar-refractivity contribution in [2.75, 3.05) is 52.4 Å². The highest BCUT2D eigenvalue weighted by Gasteiger charge is 2.29. The van der Waals surface area contributed by atoms with E-state index in [0.717, 1.165) is 50.4 Å². The first-order chi connectivity index (χ1) is 14.3. The molecule has 1 atom stereocenters. The van der Waals surface area contributed by atoms with Gasteiger partial charge in [0.2, 0.25) is 0 Å². The lowest BCUT2D eigenvalue weighted by Gasteiger charge is -2.38. The van der Waals surface area contributed by atoms with Crippen molar-refractivity contribution in [3.05, 3.63) is 29.8 Å². The smallest absolute Gasteiger partial charge is 0.254 e. The second-order valence-electron chi connectivity index (χ2n) is 8.93. The van der Waals surface area contributed by atoms with Gasteiger partial charge in [-0.15, -0.1) is 0 Å². The Bertz CT molecular complexity index is 636. The van der Waals surface area contributed by atoms with Crippen molar-refractivity contribution in [1.82, 2.24) is 14.7 Å². The zero-order chi connectivity index (χ0) is 19.9. The van der Waals surface area contributed by atoms with Gasteiger partial charge in [0.1, 0.15) is 12.4 Å². The summed E-state index contributed by atoms with van der Waals surface area (Å²) in [6, 6.07) is 8.18. The summed E-state index contributed by atoms with van der Waals surface area (Å²) in [5.74, 6) is 1.06. The van der Waals surface area contributed by atoms with Gasteiger partial charge in [-0.3, -0.25) is 9.69 Å². The molecule has 3 heterocycles. The van der Waals surface area contributed by atoms with Crippen molar-refractivity contribution < 1.29 is 9.53 Å². The fourth-order valence-electron chi connectivity index (χ4n) is 5.06. The van der Waals surface area contributed by atoms with Crippen LogP contribution < -0.4 is 4.74 Å². The maximum absolute atomic E-state index is 13.2. The summed E-state index contributed by atoms with van der Waals surface area (Å²) in [7, 11) is 0. The normalized spacial score (nSPS) is 24.0. The molecule has 0 unspecified atom stereocenters. The minimum Gasteiger partial charge on any atom is -0.492 e. The highest BCUT2D eigenvalue weighted by atomic mass is 16.5. The SMILES string of the molecule is O=C(c1ccc(OCCN2CCCCC2)cc1)N1CCCC[C@@H]1CN1CCCC1. The van der Waals surface area contributed by atoms with Crippen LogP contribution in [-0.2, 0) is 0 Å². The molecular formula is C24H37N3O2. The molecule has 1 aromatic rings. The Morgan fingerprint density at radius 2 is 1.48 bits per heavy atom. The van der Waals surface area contributed by atoms with Crippen molar-refractivity contribution in [3.63, 3.8) is 0 Å². The van der Waals surface area contributed by atoms with Crippen LogP contribution in [0, 0.1) is 0 Å². The molecule has 0 bridgehead atoms. The third-order valence-electron chi connectivity index (χ3n) is 6.78. The molecule has 5 nitrogen and oxygen atoms in total. The number of nitrogens with zero attached hydrogens (tertiary/aromatic N) is 3. The van der Waals surface area contributed by atoms with Crippen LogP contribution in [0.5, 0.6) is 5.75 Å². The Morgan fingerprint density at radius 1 is 0.828 bits per heavy atom. The zero-order valence-electron chi connectivity index (χ0n) is 17.9. The van der Waals surface area contributed by atoms with E-state index in [-0.39, 0.29) is 5.91 Å². The average molecular weight is 400 g/mol. The van der Waals surface area contributed by atoms with Crippen molar-refractivity contribution in [3.8, 4) is 5.75 Å². The van der Waals surface area contributed by atoms with Crippen molar-refractivity contribution in [2.24, 2.45) is 0 Å². The summed E-state index contributed by atoms with van der Waals surface area (Å²) in [6.07, 6.45) is 10.1. The molecule has 0 saturated carbocycles. The molecule has 1 aromatic carbocycles. The van der Waals surface area contributed by atoms with E-state index in [4.69, 9.17) is 4.74 Å². The van der Waals surface area contributed by atoms with E-state index in [1.54, 1.807) is 0 Å². The van der Waals surface area contributed by atoms with Gasteiger partial charge in [-0.05, 0) is 95.4 Å². The van der Waals surface area contributed by atoms with Crippen LogP contribution in [0.25, 0.3) is 0 Å². The van der Waals surface area contributed by atoms with Crippen LogP contribution in [0.4, 0.5) is 0 Å². The largest absolute Gasteiger partial charge is 0.492 e. The second kappa shape index (κ2) is 10.4.